The van der Waals surface area contributed by atoms with Gasteiger partial charge in [-0.15, -0.1) is 0 Å². The Bertz CT molecular complexity index is 1440. The number of methoxy groups -OCH3 is 1. The molecule has 0 N–H and O–H groups in total. The van der Waals surface area contributed by atoms with Gasteiger partial charge in [0, 0.05) is 17.9 Å². The van der Waals surface area contributed by atoms with Crippen LogP contribution in [0.25, 0.3) is 11.0 Å². The third kappa shape index (κ3) is 5.55. The van der Waals surface area contributed by atoms with Gasteiger partial charge in [-0.1, -0.05) is 27.7 Å². The number of nitrogens with zero attached hydrogens (tertiary/aromatic N) is 3. The zero-order valence-corrected chi connectivity index (χ0v) is 25.2. The van der Waals surface area contributed by atoms with Gasteiger partial charge in [0.2, 0.25) is 11.8 Å². The molecule has 9 nitrogen and oxygen atoms in total. The van der Waals surface area contributed by atoms with Crippen LogP contribution >= 0.6 is 0 Å². The number of halogens is 2. The summed E-state index contributed by atoms with van der Waals surface area (Å²) < 4.78 is 49.7. The maximum Gasteiger partial charge on any atom is 0.306 e. The van der Waals surface area contributed by atoms with Crippen molar-refractivity contribution in [2.24, 2.45) is 35.0 Å². The Morgan fingerprint density at radius 3 is 2.49 bits per heavy atom. The van der Waals surface area contributed by atoms with E-state index >= 15 is 8.78 Å². The molecule has 6 rings (SSSR count). The van der Waals surface area contributed by atoms with Gasteiger partial charge in [-0.3, -0.25) is 9.59 Å². The van der Waals surface area contributed by atoms with Crippen LogP contribution in [0.5, 0.6) is 11.6 Å². The van der Waals surface area contributed by atoms with Gasteiger partial charge in [-0.25, -0.2) is 9.97 Å². The van der Waals surface area contributed by atoms with Crippen LogP contribution in [-0.2, 0) is 25.0 Å². The van der Waals surface area contributed by atoms with E-state index in [1.165, 1.54) is 12.0 Å². The van der Waals surface area contributed by atoms with Gasteiger partial charge < -0.3 is 23.9 Å². The predicted octanol–water partition coefficient (Wildman–Crippen LogP) is 4.94. The zero-order chi connectivity index (χ0) is 30.8. The van der Waals surface area contributed by atoms with Crippen molar-refractivity contribution in [3.05, 3.63) is 23.9 Å². The second kappa shape index (κ2) is 10.7. The Kier molecular flexibility index (Phi) is 7.36. The normalized spacial score (nSPS) is 34.1. The molecule has 2 unspecified atom stereocenters. The number of benzene rings is 1. The van der Waals surface area contributed by atoms with E-state index in [0.29, 0.717) is 48.8 Å². The lowest BCUT2D eigenvalue weighted by atomic mass is 9.77. The van der Waals surface area contributed by atoms with Crippen LogP contribution < -0.4 is 9.47 Å². The molecular weight excluding hydrogens is 560 g/mol. The van der Waals surface area contributed by atoms with Gasteiger partial charge in [0.15, 0.2) is 5.69 Å². The molecule has 11 heteroatoms. The molecule has 1 amide bonds. The van der Waals surface area contributed by atoms with Crippen molar-refractivity contribution in [3.8, 4) is 11.6 Å². The number of aldehydes is 1. The van der Waals surface area contributed by atoms with Crippen LogP contribution in [0.4, 0.5) is 8.78 Å². The lowest BCUT2D eigenvalue weighted by molar-refractivity contribution is -0.153. The molecule has 3 heterocycles. The van der Waals surface area contributed by atoms with Crippen molar-refractivity contribution in [1.29, 1.82) is 0 Å². The molecule has 2 aromatic rings. The number of hydrogen-bond acceptors (Lipinski definition) is 8. The van der Waals surface area contributed by atoms with Crippen molar-refractivity contribution < 1.29 is 37.4 Å². The van der Waals surface area contributed by atoms with Gasteiger partial charge in [0.05, 0.1) is 43.1 Å². The van der Waals surface area contributed by atoms with Gasteiger partial charge >= 0.3 is 5.97 Å². The Hall–Kier alpha value is -3.37. The van der Waals surface area contributed by atoms with E-state index < -0.39 is 52.9 Å². The lowest BCUT2D eigenvalue weighted by Gasteiger charge is -2.34. The van der Waals surface area contributed by atoms with Crippen LogP contribution in [0, 0.1) is 35.0 Å². The summed E-state index contributed by atoms with van der Waals surface area (Å²) in [7, 11) is 1.50. The molecule has 1 aromatic heterocycles. The zero-order valence-electron chi connectivity index (χ0n) is 25.2. The molecule has 1 saturated heterocycles. The van der Waals surface area contributed by atoms with Crippen LogP contribution in [-0.4, -0.2) is 64.9 Å². The Balaban J connectivity index is 1.41. The number of esters is 1. The summed E-state index contributed by atoms with van der Waals surface area (Å²) in [5, 5.41) is 0. The first-order chi connectivity index (χ1) is 20.3. The highest BCUT2D eigenvalue weighted by Crippen LogP contribution is 2.58. The van der Waals surface area contributed by atoms with Crippen LogP contribution in [0.15, 0.2) is 18.2 Å². The number of amides is 1. The third-order valence-electron chi connectivity index (χ3n) is 9.85. The lowest BCUT2D eigenvalue weighted by Crippen LogP contribution is -2.46. The number of carbonyl (C=O) groups is 3. The molecule has 0 spiro atoms. The summed E-state index contributed by atoms with van der Waals surface area (Å²) in [5.74, 6) is -6.16. The summed E-state index contributed by atoms with van der Waals surface area (Å²) in [6.07, 6.45) is 1.87. The molecule has 0 radical (unpaired) electrons. The number of alkyl halides is 2. The van der Waals surface area contributed by atoms with Gasteiger partial charge in [0.25, 0.3) is 5.92 Å². The third-order valence-corrected chi connectivity index (χ3v) is 9.85. The largest absolute Gasteiger partial charge is 0.497 e. The standard InChI is InChI=1S/C32H39F2N3O6/c1-16-24(15-38)37-14-26(16)43-29-28(35-22-9-8-19(41-5)12-23(22)36-29)32(33,34)20-10-17(20)6-7-18-11-25(18)42-27(39)13-21(30(37)40)31(2,3)4/h8-9,12,15-18,20-21,24-26H,6-7,10-11,13-14H2,1-5H3/t16-,17?,18+,20?,21+,24+,25+,26-/m0/s1. The summed E-state index contributed by atoms with van der Waals surface area (Å²) >= 11 is 0. The fourth-order valence-electron chi connectivity index (χ4n) is 6.78. The van der Waals surface area contributed by atoms with Gasteiger partial charge in [-0.05, 0) is 55.1 Å². The molecule has 2 bridgehead atoms. The highest BCUT2D eigenvalue weighted by Gasteiger charge is 2.59. The first kappa shape index (κ1) is 29.7. The molecule has 3 fully saturated rings. The van der Waals surface area contributed by atoms with E-state index in [2.05, 4.69) is 9.97 Å². The topological polar surface area (TPSA) is 108 Å². The van der Waals surface area contributed by atoms with E-state index in [9.17, 15) is 14.4 Å². The second-order valence-corrected chi connectivity index (χ2v) is 13.8. The van der Waals surface area contributed by atoms with E-state index in [4.69, 9.17) is 14.2 Å². The minimum absolute atomic E-state index is 0.0232. The monoisotopic (exact) mass is 599 g/mol. The second-order valence-electron chi connectivity index (χ2n) is 13.8. The fraction of sp³-hybridized carbons (Fsp3) is 0.656. The van der Waals surface area contributed by atoms with E-state index in [0.717, 1.165) is 0 Å². The van der Waals surface area contributed by atoms with E-state index in [1.54, 1.807) is 25.1 Å². The maximum atomic E-state index is 16.2. The Morgan fingerprint density at radius 2 is 1.79 bits per heavy atom. The van der Waals surface area contributed by atoms with Crippen molar-refractivity contribution in [2.75, 3.05) is 13.7 Å². The highest BCUT2D eigenvalue weighted by atomic mass is 19.3. The molecule has 4 aliphatic rings. The molecule has 2 aliphatic carbocycles. The van der Waals surface area contributed by atoms with Crippen molar-refractivity contribution in [2.45, 2.75) is 84.0 Å². The minimum Gasteiger partial charge on any atom is -0.497 e. The van der Waals surface area contributed by atoms with E-state index in [1.807, 2.05) is 20.8 Å². The highest BCUT2D eigenvalue weighted by molar-refractivity contribution is 5.87. The Labute approximate surface area is 249 Å². The van der Waals surface area contributed by atoms with Gasteiger partial charge in [0.1, 0.15) is 24.2 Å². The number of rotatable bonds is 2. The minimum atomic E-state index is -3.30. The van der Waals surface area contributed by atoms with E-state index in [-0.39, 0.29) is 42.7 Å². The summed E-state index contributed by atoms with van der Waals surface area (Å²) in [5.41, 5.74) is -0.502. The van der Waals surface area contributed by atoms with Crippen molar-refractivity contribution in [1.82, 2.24) is 14.9 Å². The average molecular weight is 600 g/mol. The van der Waals surface area contributed by atoms with Crippen molar-refractivity contribution >= 4 is 29.2 Å². The molecule has 1 aromatic carbocycles. The number of ether oxygens (including phenoxy) is 3. The number of aromatic nitrogens is 2. The van der Waals surface area contributed by atoms with Crippen LogP contribution in [0.2, 0.25) is 0 Å². The summed E-state index contributed by atoms with van der Waals surface area (Å²) in [6.45, 7) is 7.34. The smallest absolute Gasteiger partial charge is 0.306 e. The van der Waals surface area contributed by atoms with Crippen LogP contribution in [0.3, 0.4) is 0 Å². The molecule has 2 saturated carbocycles. The number of fused-ring (bicyclic) bond motifs is 6. The number of hydrogen-bond donors (Lipinski definition) is 0. The van der Waals surface area contributed by atoms with Crippen LogP contribution in [0.1, 0.15) is 65.5 Å². The molecule has 43 heavy (non-hydrogen) atoms. The number of carbonyl (C=O) groups excluding carboxylic acids is 3. The SMILES string of the molecule is COc1ccc2nc3c(nc2c1)O[C@H]1CN(C(=O)[C@H](C(C)(C)C)CC(=O)O[C@@H]2C[C@H]2CCC2CC2C3(F)F)[C@H](C=O)[C@@H]1C. The fourth-order valence-corrected chi connectivity index (χ4v) is 6.78. The first-order valence-corrected chi connectivity index (χ1v) is 15.2. The quantitative estimate of drug-likeness (QED) is 0.353. The molecular formula is C32H39F2N3O6. The molecule has 8 atom stereocenters. The molecule has 2 aliphatic heterocycles. The summed E-state index contributed by atoms with van der Waals surface area (Å²) in [4.78, 5) is 49.6. The van der Waals surface area contributed by atoms with Gasteiger partial charge in [-0.2, -0.15) is 8.78 Å². The summed E-state index contributed by atoms with van der Waals surface area (Å²) in [6, 6.07) is 3.98. The first-order valence-electron chi connectivity index (χ1n) is 15.2. The molecule has 232 valence electrons. The Morgan fingerprint density at radius 1 is 1.05 bits per heavy atom. The van der Waals surface area contributed by atoms with Crippen molar-refractivity contribution in [3.63, 3.8) is 0 Å². The maximum absolute atomic E-state index is 16.2. The average Bonchev–Trinajstić information content (AvgIpc) is 3.86. The predicted molar refractivity (Wildman–Crippen MR) is 152 cm³/mol.